The molecule has 1 aromatic rings. The molecule has 128 valence electrons. The summed E-state index contributed by atoms with van der Waals surface area (Å²) in [5.74, 6) is -2.77. The highest BCUT2D eigenvalue weighted by Crippen LogP contribution is 2.43. The van der Waals surface area contributed by atoms with Crippen molar-refractivity contribution in [3.8, 4) is 11.5 Å². The molecule has 4 nitrogen and oxygen atoms in total. The first-order valence-corrected chi connectivity index (χ1v) is 7.79. The Morgan fingerprint density at radius 3 is 2.91 bits per heavy atom. The van der Waals surface area contributed by atoms with E-state index in [9.17, 15) is 5.11 Å². The van der Waals surface area contributed by atoms with Crippen molar-refractivity contribution in [2.24, 2.45) is 11.8 Å². The van der Waals surface area contributed by atoms with Gasteiger partial charge in [0.15, 0.2) is 11.5 Å². The molecule has 0 radical (unpaired) electrons. The minimum Gasteiger partial charge on any atom is -0.493 e. The molecule has 0 saturated carbocycles. The summed E-state index contributed by atoms with van der Waals surface area (Å²) >= 11 is 0. The lowest BCUT2D eigenvalue weighted by molar-refractivity contribution is -0.0191. The first-order chi connectivity index (χ1) is 14.4. The molecule has 1 saturated heterocycles. The number of fused-ring (bicyclic) bond motifs is 3. The van der Waals surface area contributed by atoms with Crippen LogP contribution in [0, 0.1) is 11.8 Å². The molecule has 1 aromatic carbocycles. The van der Waals surface area contributed by atoms with E-state index in [0.29, 0.717) is 5.56 Å². The van der Waals surface area contributed by atoms with Crippen molar-refractivity contribution in [1.29, 1.82) is 0 Å². The zero-order chi connectivity index (χ0) is 24.5. The summed E-state index contributed by atoms with van der Waals surface area (Å²) in [6, 6.07) is 1.39. The van der Waals surface area contributed by atoms with E-state index >= 15 is 0 Å². The Hall–Kier alpha value is -1.26. The van der Waals surface area contributed by atoms with Crippen molar-refractivity contribution in [3.63, 3.8) is 0 Å². The fraction of sp³-hybridized carbons (Fsp3) is 0.684. The highest BCUT2D eigenvalue weighted by molar-refractivity contribution is 5.49. The van der Waals surface area contributed by atoms with E-state index in [1.807, 2.05) is 0 Å². The van der Waals surface area contributed by atoms with Crippen LogP contribution in [0.25, 0.3) is 0 Å². The van der Waals surface area contributed by atoms with Gasteiger partial charge in [0.2, 0.25) is 0 Å². The highest BCUT2D eigenvalue weighted by Gasteiger charge is 2.38. The average Bonchev–Trinajstić information content (AvgIpc) is 2.63. The Kier molecular flexibility index (Phi) is 2.54. The molecule has 3 rings (SSSR count). The van der Waals surface area contributed by atoms with Crippen LogP contribution in [0.15, 0.2) is 12.1 Å². The summed E-state index contributed by atoms with van der Waals surface area (Å²) in [6.45, 7) is 0.946. The third kappa shape index (κ3) is 3.20. The van der Waals surface area contributed by atoms with Gasteiger partial charge >= 0.3 is 0 Å². The fourth-order valence-corrected chi connectivity index (χ4v) is 3.14. The Labute approximate surface area is 152 Å². The number of methoxy groups -OCH3 is 2. The Balaban J connectivity index is 2.21. The smallest absolute Gasteiger partial charge is 0.161 e. The van der Waals surface area contributed by atoms with Gasteiger partial charge in [-0.2, -0.15) is 0 Å². The number of aliphatic hydroxyl groups is 1. The summed E-state index contributed by atoms with van der Waals surface area (Å²) in [5, 5.41) is 11.1. The molecule has 1 fully saturated rings. The van der Waals surface area contributed by atoms with Gasteiger partial charge in [0.25, 0.3) is 0 Å². The van der Waals surface area contributed by atoms with Crippen molar-refractivity contribution >= 4 is 0 Å². The molecule has 2 aliphatic heterocycles. The SMILES string of the molecule is [2H]C([2H])([2H])Oc1cc2c(cc1OC)C1N(CC2)C([2H])([2H])C([2H])(CC(C)C)C([2H])(O)C1([2H])[2H]. The monoisotopic (exact) mass is 328 g/mol. The van der Waals surface area contributed by atoms with Crippen molar-refractivity contribution in [2.45, 2.75) is 45.2 Å². The number of piperidine rings is 1. The van der Waals surface area contributed by atoms with Crippen LogP contribution in [0.3, 0.4) is 0 Å². The number of rotatable bonds is 4. The van der Waals surface area contributed by atoms with Crippen LogP contribution >= 0.6 is 0 Å². The topological polar surface area (TPSA) is 41.9 Å². The van der Waals surface area contributed by atoms with E-state index in [-0.39, 0.29) is 42.4 Å². The first kappa shape index (κ1) is 8.72. The number of benzene rings is 1. The van der Waals surface area contributed by atoms with Crippen LogP contribution in [0.4, 0.5) is 0 Å². The number of ether oxygens (including phenoxy) is 2. The normalized spacial score (nSPS) is 44.6. The van der Waals surface area contributed by atoms with Crippen LogP contribution < -0.4 is 9.47 Å². The van der Waals surface area contributed by atoms with Gasteiger partial charge < -0.3 is 14.6 Å². The van der Waals surface area contributed by atoms with E-state index in [4.69, 9.17) is 21.8 Å². The molecule has 1 N–H and O–H groups in total. The number of hydrogen-bond donors (Lipinski definition) is 1. The van der Waals surface area contributed by atoms with Gasteiger partial charge in [0.1, 0.15) is 0 Å². The maximum absolute atomic E-state index is 11.1. The second-order valence-electron chi connectivity index (χ2n) is 6.33. The van der Waals surface area contributed by atoms with E-state index in [1.54, 1.807) is 13.8 Å². The molecule has 2 heterocycles. The molecule has 2 aliphatic rings. The van der Waals surface area contributed by atoms with Crippen molar-refractivity contribution in [3.05, 3.63) is 23.3 Å². The standard InChI is InChI=1S/C19H29NO3/c1-12(2)7-14-11-20-6-5-13-8-18(22-3)19(23-4)9-15(13)16(20)10-17(14)21/h8-9,12,14,16-17,21H,5-7,10-11H2,1-4H3/i3D3,10D2,11D2,14D,17D. The Bertz CT molecular complexity index is 888. The highest BCUT2D eigenvalue weighted by atomic mass is 16.5. The maximum atomic E-state index is 11.1. The van der Waals surface area contributed by atoms with E-state index < -0.39 is 37.9 Å². The second-order valence-corrected chi connectivity index (χ2v) is 6.33. The number of nitrogens with zero attached hydrogens (tertiary/aromatic N) is 1. The summed E-state index contributed by atoms with van der Waals surface area (Å²) in [5.41, 5.74) is 0.764. The zero-order valence-corrected chi connectivity index (χ0v) is 13.6. The lowest BCUT2D eigenvalue weighted by Gasteiger charge is -2.46. The minimum absolute atomic E-state index is 0.0106. The minimum atomic E-state index is -3.08. The van der Waals surface area contributed by atoms with Crippen LogP contribution in [-0.4, -0.2) is 43.3 Å². The summed E-state index contributed by atoms with van der Waals surface area (Å²) < 4.78 is 84.7. The summed E-state index contributed by atoms with van der Waals surface area (Å²) in [4.78, 5) is 1.21. The molecule has 3 unspecified atom stereocenters. The van der Waals surface area contributed by atoms with Gasteiger partial charge in [-0.1, -0.05) is 13.8 Å². The van der Waals surface area contributed by atoms with E-state index in [0.717, 1.165) is 0 Å². The Morgan fingerprint density at radius 1 is 1.43 bits per heavy atom. The van der Waals surface area contributed by atoms with Crippen molar-refractivity contribution in [2.75, 3.05) is 27.2 Å². The van der Waals surface area contributed by atoms with E-state index in [2.05, 4.69) is 0 Å². The molecule has 0 bridgehead atoms. The number of hydrogen-bond acceptors (Lipinski definition) is 4. The molecule has 3 atom stereocenters. The van der Waals surface area contributed by atoms with Gasteiger partial charge in [-0.25, -0.2) is 0 Å². The average molecular weight is 328 g/mol. The third-order valence-corrected chi connectivity index (χ3v) is 4.21. The lowest BCUT2D eigenvalue weighted by atomic mass is 9.79. The zero-order valence-electron chi connectivity index (χ0n) is 22.6. The van der Waals surface area contributed by atoms with Gasteiger partial charge in [0.05, 0.1) is 25.7 Å². The maximum Gasteiger partial charge on any atom is 0.161 e. The van der Waals surface area contributed by atoms with Gasteiger partial charge in [0, 0.05) is 25.9 Å². The van der Waals surface area contributed by atoms with Gasteiger partial charge in [-0.3, -0.25) is 4.90 Å². The van der Waals surface area contributed by atoms with Gasteiger partial charge in [-0.05, 0) is 54.3 Å². The van der Waals surface area contributed by atoms with Crippen molar-refractivity contribution < 1.29 is 26.9 Å². The van der Waals surface area contributed by atoms with Crippen molar-refractivity contribution in [1.82, 2.24) is 4.90 Å². The van der Waals surface area contributed by atoms with Crippen LogP contribution in [0.2, 0.25) is 0 Å². The molecule has 0 aromatic heterocycles. The largest absolute Gasteiger partial charge is 0.493 e. The predicted octanol–water partition coefficient (Wildman–Crippen LogP) is 3.03. The molecule has 0 aliphatic carbocycles. The van der Waals surface area contributed by atoms with Crippen LogP contribution in [-0.2, 0) is 6.42 Å². The van der Waals surface area contributed by atoms with Crippen LogP contribution in [0.5, 0.6) is 11.5 Å². The molecule has 0 spiro atoms. The molecular formula is C19H29NO3. The van der Waals surface area contributed by atoms with Gasteiger partial charge in [-0.15, -0.1) is 0 Å². The Morgan fingerprint density at radius 2 is 2.22 bits per heavy atom. The molecule has 23 heavy (non-hydrogen) atoms. The summed E-state index contributed by atoms with van der Waals surface area (Å²) in [6.07, 6.45) is -5.80. The molecular weight excluding hydrogens is 290 g/mol. The predicted molar refractivity (Wildman–Crippen MR) is 91.1 cm³/mol. The van der Waals surface area contributed by atoms with E-state index in [1.165, 1.54) is 24.1 Å². The quantitative estimate of drug-likeness (QED) is 0.922. The lowest BCUT2D eigenvalue weighted by Crippen LogP contribution is -2.48. The molecule has 0 amide bonds. The fourth-order valence-electron chi connectivity index (χ4n) is 3.14. The molecule has 4 heteroatoms. The second kappa shape index (κ2) is 6.70. The third-order valence-electron chi connectivity index (χ3n) is 4.21. The van der Waals surface area contributed by atoms with Crippen LogP contribution in [0.1, 0.15) is 56.1 Å². The first-order valence-electron chi connectivity index (χ1n) is 12.3. The summed E-state index contributed by atoms with van der Waals surface area (Å²) in [7, 11) is -1.44.